The minimum absolute atomic E-state index is 0.174. The SMILES string of the molecule is CNc1nc(NC(C)CCS(C)=O)nc(N2CCCC2)n1. The summed E-state index contributed by atoms with van der Waals surface area (Å²) in [4.78, 5) is 15.4. The van der Waals surface area contributed by atoms with Crippen LogP contribution in [0.5, 0.6) is 0 Å². The zero-order valence-electron chi connectivity index (χ0n) is 12.9. The van der Waals surface area contributed by atoms with Crippen LogP contribution in [0.4, 0.5) is 17.8 Å². The molecule has 8 heteroatoms. The van der Waals surface area contributed by atoms with Gasteiger partial charge in [0.1, 0.15) is 0 Å². The van der Waals surface area contributed by atoms with Gasteiger partial charge in [-0.1, -0.05) is 0 Å². The molecule has 1 aromatic rings. The minimum atomic E-state index is -0.770. The van der Waals surface area contributed by atoms with Gasteiger partial charge in [-0.2, -0.15) is 15.0 Å². The number of nitrogens with one attached hydrogen (secondary N) is 2. The average molecular weight is 312 g/mol. The van der Waals surface area contributed by atoms with Gasteiger partial charge in [0.2, 0.25) is 17.8 Å². The third-order valence-corrected chi connectivity index (χ3v) is 4.26. The maximum atomic E-state index is 11.2. The third kappa shape index (κ3) is 4.80. The van der Waals surface area contributed by atoms with Crippen LogP contribution in [0, 0.1) is 0 Å². The lowest BCUT2D eigenvalue weighted by molar-refractivity contribution is 0.677. The van der Waals surface area contributed by atoms with Gasteiger partial charge in [-0.15, -0.1) is 0 Å². The number of hydrogen-bond donors (Lipinski definition) is 2. The maximum Gasteiger partial charge on any atom is 0.231 e. The van der Waals surface area contributed by atoms with E-state index in [9.17, 15) is 4.21 Å². The van der Waals surface area contributed by atoms with Crippen LogP contribution in [0.1, 0.15) is 26.2 Å². The Bertz CT molecular complexity index is 492. The average Bonchev–Trinajstić information content (AvgIpc) is 2.99. The molecule has 118 valence electrons. The van der Waals surface area contributed by atoms with Crippen molar-refractivity contribution in [2.45, 2.75) is 32.2 Å². The molecule has 2 atom stereocenters. The summed E-state index contributed by atoms with van der Waals surface area (Å²) in [6.45, 7) is 4.04. The van der Waals surface area contributed by atoms with Crippen LogP contribution < -0.4 is 15.5 Å². The van der Waals surface area contributed by atoms with Crippen molar-refractivity contribution in [1.29, 1.82) is 0 Å². The van der Waals surface area contributed by atoms with Crippen LogP contribution in [-0.4, -0.2) is 57.3 Å². The van der Waals surface area contributed by atoms with Crippen molar-refractivity contribution in [2.75, 3.05) is 47.7 Å². The van der Waals surface area contributed by atoms with Gasteiger partial charge in [-0.3, -0.25) is 4.21 Å². The minimum Gasteiger partial charge on any atom is -0.357 e. The van der Waals surface area contributed by atoms with E-state index >= 15 is 0 Å². The summed E-state index contributed by atoms with van der Waals surface area (Å²) >= 11 is 0. The standard InChI is InChI=1S/C13H24N6OS/c1-10(6-9-21(3)20)15-12-16-11(14-2)17-13(18-12)19-7-4-5-8-19/h10H,4-9H2,1-3H3,(H2,14,15,16,17,18). The lowest BCUT2D eigenvalue weighted by Crippen LogP contribution is -2.24. The van der Waals surface area contributed by atoms with Crippen molar-refractivity contribution < 1.29 is 4.21 Å². The molecule has 0 radical (unpaired) electrons. The fourth-order valence-electron chi connectivity index (χ4n) is 2.23. The molecule has 1 fully saturated rings. The number of rotatable bonds is 7. The number of anilines is 3. The van der Waals surface area contributed by atoms with E-state index in [1.54, 1.807) is 13.3 Å². The summed E-state index contributed by atoms with van der Waals surface area (Å²) in [6.07, 6.45) is 4.91. The van der Waals surface area contributed by atoms with Crippen molar-refractivity contribution in [1.82, 2.24) is 15.0 Å². The van der Waals surface area contributed by atoms with Gasteiger partial charge in [0.05, 0.1) is 0 Å². The van der Waals surface area contributed by atoms with Gasteiger partial charge < -0.3 is 15.5 Å². The van der Waals surface area contributed by atoms with Gasteiger partial charge in [-0.25, -0.2) is 0 Å². The summed E-state index contributed by atoms with van der Waals surface area (Å²) < 4.78 is 11.2. The quantitative estimate of drug-likeness (QED) is 0.779. The Morgan fingerprint density at radius 3 is 2.52 bits per heavy atom. The van der Waals surface area contributed by atoms with Gasteiger partial charge >= 0.3 is 0 Å². The molecule has 2 unspecified atom stereocenters. The van der Waals surface area contributed by atoms with Crippen LogP contribution in [0.25, 0.3) is 0 Å². The molecule has 0 spiro atoms. The summed E-state index contributed by atoms with van der Waals surface area (Å²) in [5.74, 6) is 2.55. The molecule has 7 nitrogen and oxygen atoms in total. The number of aromatic nitrogens is 3. The van der Waals surface area contributed by atoms with E-state index in [-0.39, 0.29) is 6.04 Å². The molecule has 1 saturated heterocycles. The van der Waals surface area contributed by atoms with E-state index in [0.717, 1.165) is 25.5 Å². The van der Waals surface area contributed by atoms with Crippen molar-refractivity contribution in [3.63, 3.8) is 0 Å². The Morgan fingerprint density at radius 2 is 1.90 bits per heavy atom. The predicted molar refractivity (Wildman–Crippen MR) is 87.5 cm³/mol. The Labute approximate surface area is 128 Å². The van der Waals surface area contributed by atoms with Crippen molar-refractivity contribution >= 4 is 28.6 Å². The van der Waals surface area contributed by atoms with Gasteiger partial charge in [-0.05, 0) is 26.2 Å². The van der Waals surface area contributed by atoms with Crippen molar-refractivity contribution in [3.05, 3.63) is 0 Å². The second-order valence-corrected chi connectivity index (χ2v) is 6.89. The van der Waals surface area contributed by atoms with Crippen molar-refractivity contribution in [2.24, 2.45) is 0 Å². The zero-order chi connectivity index (χ0) is 15.2. The summed E-state index contributed by atoms with van der Waals surface area (Å²) in [5, 5.41) is 6.25. The molecule has 1 aromatic heterocycles. The molecule has 1 aliphatic rings. The van der Waals surface area contributed by atoms with Crippen LogP contribution in [-0.2, 0) is 10.8 Å². The smallest absolute Gasteiger partial charge is 0.231 e. The molecule has 2 rings (SSSR count). The third-order valence-electron chi connectivity index (χ3n) is 3.45. The van der Waals surface area contributed by atoms with Gasteiger partial charge in [0.25, 0.3) is 0 Å². The predicted octanol–water partition coefficient (Wildman–Crippen LogP) is 1.08. The highest BCUT2D eigenvalue weighted by molar-refractivity contribution is 7.84. The fraction of sp³-hybridized carbons (Fsp3) is 0.769. The lowest BCUT2D eigenvalue weighted by atomic mass is 10.3. The highest BCUT2D eigenvalue weighted by Gasteiger charge is 2.17. The molecule has 0 aliphatic carbocycles. The molecule has 1 aliphatic heterocycles. The molecule has 21 heavy (non-hydrogen) atoms. The largest absolute Gasteiger partial charge is 0.357 e. The topological polar surface area (TPSA) is 83.0 Å². The molecule has 0 amide bonds. The summed E-state index contributed by atoms with van der Waals surface area (Å²) in [5.41, 5.74) is 0. The molecular formula is C13H24N6OS. The van der Waals surface area contributed by atoms with E-state index in [1.807, 2.05) is 6.92 Å². The van der Waals surface area contributed by atoms with Gasteiger partial charge in [0, 0.05) is 49.0 Å². The van der Waals surface area contributed by atoms with Crippen LogP contribution >= 0.6 is 0 Å². The molecule has 2 N–H and O–H groups in total. The molecule has 0 aromatic carbocycles. The zero-order valence-corrected chi connectivity index (χ0v) is 13.7. The van der Waals surface area contributed by atoms with E-state index in [4.69, 9.17) is 0 Å². The first-order chi connectivity index (χ1) is 10.1. The first-order valence-electron chi connectivity index (χ1n) is 7.34. The molecule has 0 saturated carbocycles. The molecule has 0 bridgehead atoms. The normalized spacial score (nSPS) is 17.6. The van der Waals surface area contributed by atoms with E-state index in [1.165, 1.54) is 12.8 Å². The fourth-order valence-corrected chi connectivity index (χ4v) is 2.92. The summed E-state index contributed by atoms with van der Waals surface area (Å²) in [7, 11) is 1.03. The van der Waals surface area contributed by atoms with Gasteiger partial charge in [0.15, 0.2) is 0 Å². The van der Waals surface area contributed by atoms with Crippen LogP contribution in [0.2, 0.25) is 0 Å². The Hall–Kier alpha value is -1.44. The Kier molecular flexibility index (Phi) is 5.72. The first kappa shape index (κ1) is 15.9. The molecular weight excluding hydrogens is 288 g/mol. The van der Waals surface area contributed by atoms with Crippen LogP contribution in [0.3, 0.4) is 0 Å². The monoisotopic (exact) mass is 312 g/mol. The summed E-state index contributed by atoms with van der Waals surface area (Å²) in [6, 6.07) is 0.174. The number of hydrogen-bond acceptors (Lipinski definition) is 7. The van der Waals surface area contributed by atoms with E-state index in [2.05, 4.69) is 30.5 Å². The van der Waals surface area contributed by atoms with Crippen molar-refractivity contribution in [3.8, 4) is 0 Å². The Morgan fingerprint density at radius 1 is 1.24 bits per heavy atom. The van der Waals surface area contributed by atoms with E-state index < -0.39 is 10.8 Å². The second kappa shape index (κ2) is 7.53. The number of nitrogens with zero attached hydrogens (tertiary/aromatic N) is 4. The lowest BCUT2D eigenvalue weighted by Gasteiger charge is -2.18. The highest BCUT2D eigenvalue weighted by Crippen LogP contribution is 2.18. The second-order valence-electron chi connectivity index (χ2n) is 5.34. The Balaban J connectivity index is 2.07. The van der Waals surface area contributed by atoms with Crippen LogP contribution in [0.15, 0.2) is 0 Å². The maximum absolute atomic E-state index is 11.2. The molecule has 2 heterocycles. The first-order valence-corrected chi connectivity index (χ1v) is 9.06. The van der Waals surface area contributed by atoms with E-state index in [0.29, 0.717) is 17.6 Å². The highest BCUT2D eigenvalue weighted by atomic mass is 32.2.